The molecule has 0 aromatic rings. The maximum absolute atomic E-state index is 5.75. The molecule has 0 aromatic heterocycles. The molecule has 2 aliphatic rings. The molecule has 2 fully saturated rings. The molecular formula is C14H29N3O. The Hall–Kier alpha value is -0.160. The highest BCUT2D eigenvalue weighted by molar-refractivity contribution is 4.83. The van der Waals surface area contributed by atoms with E-state index in [9.17, 15) is 0 Å². The standard InChI is InChI=1S/C14H29N3O/c1-14(2)12-13(4-11-18-14)15-5-6-17-9-7-16(3)8-10-17/h13,15H,4-12H2,1-3H3. The topological polar surface area (TPSA) is 27.7 Å². The molecule has 0 radical (unpaired) electrons. The smallest absolute Gasteiger partial charge is 0.0641 e. The van der Waals surface area contributed by atoms with Gasteiger partial charge >= 0.3 is 0 Å². The van der Waals surface area contributed by atoms with Gasteiger partial charge in [0.1, 0.15) is 0 Å². The molecule has 2 heterocycles. The molecule has 0 amide bonds. The normalized spacial score (nSPS) is 30.5. The van der Waals surface area contributed by atoms with Crippen LogP contribution in [0.3, 0.4) is 0 Å². The zero-order chi connectivity index (χ0) is 13.0. The van der Waals surface area contributed by atoms with Crippen molar-refractivity contribution >= 4 is 0 Å². The number of ether oxygens (including phenoxy) is 1. The largest absolute Gasteiger partial charge is 0.375 e. The lowest BCUT2D eigenvalue weighted by Crippen LogP contribution is -2.49. The average Bonchev–Trinajstić information content (AvgIpc) is 2.30. The fourth-order valence-electron chi connectivity index (χ4n) is 2.90. The van der Waals surface area contributed by atoms with Crippen molar-refractivity contribution in [2.45, 2.75) is 38.3 Å². The minimum atomic E-state index is 0.0593. The third-order valence-corrected chi connectivity index (χ3v) is 4.15. The number of nitrogens with zero attached hydrogens (tertiary/aromatic N) is 2. The van der Waals surface area contributed by atoms with Crippen LogP contribution in [0.2, 0.25) is 0 Å². The van der Waals surface area contributed by atoms with Crippen LogP contribution in [0.25, 0.3) is 0 Å². The molecule has 2 aliphatic heterocycles. The summed E-state index contributed by atoms with van der Waals surface area (Å²) in [5, 5.41) is 3.70. The van der Waals surface area contributed by atoms with Crippen LogP contribution in [0.15, 0.2) is 0 Å². The highest BCUT2D eigenvalue weighted by Crippen LogP contribution is 2.23. The number of piperazine rings is 1. The molecule has 1 N–H and O–H groups in total. The molecule has 0 aromatic carbocycles. The fourth-order valence-corrected chi connectivity index (χ4v) is 2.90. The van der Waals surface area contributed by atoms with E-state index < -0.39 is 0 Å². The summed E-state index contributed by atoms with van der Waals surface area (Å²) in [4.78, 5) is 4.97. The van der Waals surface area contributed by atoms with Crippen LogP contribution >= 0.6 is 0 Å². The second-order valence-corrected chi connectivity index (χ2v) is 6.40. The Labute approximate surface area is 112 Å². The molecule has 0 saturated carbocycles. The summed E-state index contributed by atoms with van der Waals surface area (Å²) >= 11 is 0. The zero-order valence-corrected chi connectivity index (χ0v) is 12.2. The summed E-state index contributed by atoms with van der Waals surface area (Å²) in [6.45, 7) is 12.5. The van der Waals surface area contributed by atoms with Crippen LogP contribution in [0, 0.1) is 0 Å². The van der Waals surface area contributed by atoms with Gasteiger partial charge in [0.2, 0.25) is 0 Å². The summed E-state index contributed by atoms with van der Waals surface area (Å²) in [6, 6.07) is 0.640. The monoisotopic (exact) mass is 255 g/mol. The van der Waals surface area contributed by atoms with Gasteiger partial charge in [0, 0.05) is 51.9 Å². The molecule has 2 saturated heterocycles. The molecule has 4 heteroatoms. The van der Waals surface area contributed by atoms with Crippen molar-refractivity contribution < 1.29 is 4.74 Å². The van der Waals surface area contributed by atoms with E-state index in [1.54, 1.807) is 0 Å². The van der Waals surface area contributed by atoms with Gasteiger partial charge in [-0.15, -0.1) is 0 Å². The minimum Gasteiger partial charge on any atom is -0.375 e. The van der Waals surface area contributed by atoms with Crippen molar-refractivity contribution in [2.24, 2.45) is 0 Å². The Morgan fingerprint density at radius 2 is 1.94 bits per heavy atom. The first-order chi connectivity index (χ1) is 8.55. The Morgan fingerprint density at radius 3 is 2.61 bits per heavy atom. The lowest BCUT2D eigenvalue weighted by Gasteiger charge is -2.37. The van der Waals surface area contributed by atoms with E-state index >= 15 is 0 Å². The third-order valence-electron chi connectivity index (χ3n) is 4.15. The predicted octanol–water partition coefficient (Wildman–Crippen LogP) is 0.781. The van der Waals surface area contributed by atoms with Gasteiger partial charge in [0.25, 0.3) is 0 Å². The summed E-state index contributed by atoms with van der Waals surface area (Å²) in [6.07, 6.45) is 2.29. The van der Waals surface area contributed by atoms with Crippen molar-refractivity contribution in [1.29, 1.82) is 0 Å². The first-order valence-electron chi connectivity index (χ1n) is 7.33. The lowest BCUT2D eigenvalue weighted by atomic mass is 9.94. The second kappa shape index (κ2) is 6.33. The quantitative estimate of drug-likeness (QED) is 0.803. The van der Waals surface area contributed by atoms with Gasteiger partial charge in [0.15, 0.2) is 0 Å². The van der Waals surface area contributed by atoms with Gasteiger partial charge in [0.05, 0.1) is 5.60 Å². The molecule has 106 valence electrons. The average molecular weight is 255 g/mol. The van der Waals surface area contributed by atoms with Crippen molar-refractivity contribution in [3.8, 4) is 0 Å². The molecule has 1 unspecified atom stereocenters. The second-order valence-electron chi connectivity index (χ2n) is 6.40. The molecule has 0 spiro atoms. The van der Waals surface area contributed by atoms with Gasteiger partial charge in [-0.2, -0.15) is 0 Å². The van der Waals surface area contributed by atoms with Gasteiger partial charge in [-0.25, -0.2) is 0 Å². The Bertz CT molecular complexity index is 249. The Kier molecular flexibility index (Phi) is 5.01. The Morgan fingerprint density at radius 1 is 1.22 bits per heavy atom. The highest BCUT2D eigenvalue weighted by atomic mass is 16.5. The van der Waals surface area contributed by atoms with E-state index in [0.717, 1.165) is 26.0 Å². The Balaban J connectivity index is 1.60. The first-order valence-corrected chi connectivity index (χ1v) is 7.33. The van der Waals surface area contributed by atoms with Gasteiger partial charge in [-0.3, -0.25) is 4.90 Å². The zero-order valence-electron chi connectivity index (χ0n) is 12.2. The highest BCUT2D eigenvalue weighted by Gasteiger charge is 2.28. The van der Waals surface area contributed by atoms with E-state index in [-0.39, 0.29) is 5.60 Å². The van der Waals surface area contributed by atoms with E-state index in [2.05, 4.69) is 36.0 Å². The summed E-state index contributed by atoms with van der Waals surface area (Å²) in [5.41, 5.74) is 0.0593. The number of hydrogen-bond acceptors (Lipinski definition) is 4. The molecule has 0 bridgehead atoms. The van der Waals surface area contributed by atoms with E-state index in [4.69, 9.17) is 4.74 Å². The van der Waals surface area contributed by atoms with Crippen LogP contribution in [0.1, 0.15) is 26.7 Å². The lowest BCUT2D eigenvalue weighted by molar-refractivity contribution is -0.0629. The van der Waals surface area contributed by atoms with E-state index in [1.807, 2.05) is 0 Å². The van der Waals surface area contributed by atoms with Crippen molar-refractivity contribution in [3.63, 3.8) is 0 Å². The molecule has 4 nitrogen and oxygen atoms in total. The first kappa shape index (κ1) is 14.3. The maximum Gasteiger partial charge on any atom is 0.0641 e. The molecule has 18 heavy (non-hydrogen) atoms. The van der Waals surface area contributed by atoms with Crippen molar-refractivity contribution in [3.05, 3.63) is 0 Å². The van der Waals surface area contributed by atoms with E-state index in [0.29, 0.717) is 6.04 Å². The number of hydrogen-bond donors (Lipinski definition) is 1. The predicted molar refractivity (Wildman–Crippen MR) is 75.0 cm³/mol. The summed E-state index contributed by atoms with van der Waals surface area (Å²) in [7, 11) is 2.21. The van der Waals surface area contributed by atoms with Gasteiger partial charge < -0.3 is 15.0 Å². The van der Waals surface area contributed by atoms with Gasteiger partial charge in [-0.05, 0) is 33.7 Å². The molecule has 2 rings (SSSR count). The summed E-state index contributed by atoms with van der Waals surface area (Å²) < 4.78 is 5.75. The number of nitrogens with one attached hydrogen (secondary N) is 1. The molecular weight excluding hydrogens is 226 g/mol. The third kappa shape index (κ3) is 4.50. The van der Waals surface area contributed by atoms with Crippen LogP contribution < -0.4 is 5.32 Å². The fraction of sp³-hybridized carbons (Fsp3) is 1.00. The SMILES string of the molecule is CN1CCN(CCNC2CCOC(C)(C)C2)CC1. The number of likely N-dealkylation sites (N-methyl/N-ethyl adjacent to an activating group) is 1. The minimum absolute atomic E-state index is 0.0593. The van der Waals surface area contributed by atoms with E-state index in [1.165, 1.54) is 32.7 Å². The van der Waals surface area contributed by atoms with Crippen LogP contribution in [-0.2, 0) is 4.74 Å². The van der Waals surface area contributed by atoms with Crippen molar-refractivity contribution in [2.75, 3.05) is 52.9 Å². The van der Waals surface area contributed by atoms with Crippen LogP contribution in [0.5, 0.6) is 0 Å². The molecule has 1 atom stereocenters. The van der Waals surface area contributed by atoms with Crippen LogP contribution in [0.4, 0.5) is 0 Å². The number of rotatable bonds is 4. The van der Waals surface area contributed by atoms with Crippen LogP contribution in [-0.4, -0.2) is 74.4 Å². The maximum atomic E-state index is 5.75. The molecule has 0 aliphatic carbocycles. The summed E-state index contributed by atoms with van der Waals surface area (Å²) in [5.74, 6) is 0. The van der Waals surface area contributed by atoms with Gasteiger partial charge in [-0.1, -0.05) is 0 Å². The van der Waals surface area contributed by atoms with Crippen molar-refractivity contribution in [1.82, 2.24) is 15.1 Å².